The van der Waals surface area contributed by atoms with Gasteiger partial charge in [-0.25, -0.2) is 0 Å². The van der Waals surface area contributed by atoms with Crippen molar-refractivity contribution in [2.45, 2.75) is 38.6 Å². The lowest BCUT2D eigenvalue weighted by Crippen LogP contribution is -2.43. The molecule has 1 aromatic heterocycles. The quantitative estimate of drug-likeness (QED) is 0.826. The first-order valence-corrected chi connectivity index (χ1v) is 7.27. The first-order valence-electron chi connectivity index (χ1n) is 5.54. The van der Waals surface area contributed by atoms with Gasteiger partial charge in [-0.15, -0.1) is 0 Å². The molecule has 0 bridgehead atoms. The number of nitrogens with two attached hydrogens (primary N) is 1. The van der Waals surface area contributed by atoms with Gasteiger partial charge in [-0.3, -0.25) is 0 Å². The van der Waals surface area contributed by atoms with E-state index in [1.54, 1.807) is 11.3 Å². The Morgan fingerprint density at radius 3 is 2.67 bits per heavy atom. The van der Waals surface area contributed by atoms with Crippen molar-refractivity contribution >= 4 is 27.3 Å². The minimum absolute atomic E-state index is 0.0925. The minimum Gasteiger partial charge on any atom is -0.321 e. The van der Waals surface area contributed by atoms with Crippen LogP contribution in [-0.2, 0) is 5.54 Å². The van der Waals surface area contributed by atoms with Crippen LogP contribution >= 0.6 is 27.3 Å². The van der Waals surface area contributed by atoms with E-state index in [0.717, 1.165) is 24.7 Å². The van der Waals surface area contributed by atoms with E-state index in [2.05, 4.69) is 40.5 Å². The lowest BCUT2D eigenvalue weighted by Gasteiger charge is -2.40. The topological polar surface area (TPSA) is 26.0 Å². The Bertz CT molecular complexity index is 349. The van der Waals surface area contributed by atoms with Crippen molar-refractivity contribution in [3.05, 3.63) is 20.8 Å². The Balaban J connectivity index is 2.25. The lowest BCUT2D eigenvalue weighted by molar-refractivity contribution is 0.177. The predicted molar refractivity (Wildman–Crippen MR) is 70.1 cm³/mol. The monoisotopic (exact) mass is 287 g/mol. The van der Waals surface area contributed by atoms with Gasteiger partial charge in [0.1, 0.15) is 0 Å². The summed E-state index contributed by atoms with van der Waals surface area (Å²) in [4.78, 5) is 0. The summed E-state index contributed by atoms with van der Waals surface area (Å²) in [6.45, 7) is 4.67. The molecule has 2 rings (SSSR count). The van der Waals surface area contributed by atoms with Crippen molar-refractivity contribution in [3.63, 3.8) is 0 Å². The van der Waals surface area contributed by atoms with Gasteiger partial charge in [-0.1, -0.05) is 13.8 Å². The molecule has 3 unspecified atom stereocenters. The maximum Gasteiger partial charge on any atom is 0.0431 e. The first kappa shape index (κ1) is 11.6. The van der Waals surface area contributed by atoms with Crippen LogP contribution in [0.4, 0.5) is 0 Å². The molecule has 0 radical (unpaired) electrons. The molecule has 1 aromatic rings. The van der Waals surface area contributed by atoms with Crippen LogP contribution in [0.5, 0.6) is 0 Å². The summed E-state index contributed by atoms with van der Waals surface area (Å²) in [5, 5.41) is 4.33. The zero-order valence-corrected chi connectivity index (χ0v) is 11.7. The van der Waals surface area contributed by atoms with Crippen LogP contribution in [0.2, 0.25) is 0 Å². The van der Waals surface area contributed by atoms with Gasteiger partial charge in [0.2, 0.25) is 0 Å². The smallest absolute Gasteiger partial charge is 0.0431 e. The molecular formula is C12H18BrNS. The van der Waals surface area contributed by atoms with E-state index in [4.69, 9.17) is 5.73 Å². The normalized spacial score (nSPS) is 36.8. The van der Waals surface area contributed by atoms with Gasteiger partial charge in [0.25, 0.3) is 0 Å². The highest BCUT2D eigenvalue weighted by Gasteiger charge is 2.37. The second-order valence-electron chi connectivity index (χ2n) is 4.99. The van der Waals surface area contributed by atoms with Crippen molar-refractivity contribution in [2.24, 2.45) is 17.6 Å². The molecule has 1 fully saturated rings. The molecule has 0 aliphatic heterocycles. The molecular weight excluding hydrogens is 270 g/mol. The molecule has 0 spiro atoms. The summed E-state index contributed by atoms with van der Waals surface area (Å²) in [6.07, 6.45) is 3.48. The summed E-state index contributed by atoms with van der Waals surface area (Å²) in [5.41, 5.74) is 7.77. The van der Waals surface area contributed by atoms with Crippen molar-refractivity contribution in [2.75, 3.05) is 0 Å². The molecule has 15 heavy (non-hydrogen) atoms. The van der Waals surface area contributed by atoms with Crippen LogP contribution in [0.1, 0.15) is 38.7 Å². The van der Waals surface area contributed by atoms with Gasteiger partial charge in [0, 0.05) is 15.4 Å². The molecule has 84 valence electrons. The molecule has 1 saturated carbocycles. The number of hydrogen-bond donors (Lipinski definition) is 1. The average molecular weight is 288 g/mol. The second-order valence-corrected chi connectivity index (χ2v) is 6.58. The highest BCUT2D eigenvalue weighted by molar-refractivity contribution is 9.10. The Kier molecular flexibility index (Phi) is 3.25. The van der Waals surface area contributed by atoms with E-state index in [-0.39, 0.29) is 5.54 Å². The molecule has 1 nitrogen and oxygen atoms in total. The fourth-order valence-corrected chi connectivity index (χ4v) is 4.33. The molecule has 0 saturated heterocycles. The van der Waals surface area contributed by atoms with Gasteiger partial charge in [0.05, 0.1) is 0 Å². The van der Waals surface area contributed by atoms with Crippen molar-refractivity contribution in [1.29, 1.82) is 0 Å². The Hall–Kier alpha value is 0.140. The number of rotatable bonds is 1. The fraction of sp³-hybridized carbons (Fsp3) is 0.667. The van der Waals surface area contributed by atoms with E-state index in [0.29, 0.717) is 0 Å². The molecule has 1 aliphatic rings. The van der Waals surface area contributed by atoms with Crippen molar-refractivity contribution in [1.82, 2.24) is 0 Å². The Morgan fingerprint density at radius 1 is 1.40 bits per heavy atom. The number of hydrogen-bond acceptors (Lipinski definition) is 2. The standard InChI is InChI=1S/C12H18BrNS/c1-8-3-4-12(14,5-9(8)2)10-6-15-7-11(10)13/h6-9H,3-5,14H2,1-2H3. The summed E-state index contributed by atoms with van der Waals surface area (Å²) in [6, 6.07) is 0. The number of thiophene rings is 1. The predicted octanol–water partition coefficient (Wildman–Crippen LogP) is 4.12. The zero-order chi connectivity index (χ0) is 11.1. The molecule has 2 N–H and O–H groups in total. The third-order valence-electron chi connectivity index (χ3n) is 3.85. The van der Waals surface area contributed by atoms with Gasteiger partial charge < -0.3 is 5.73 Å². The molecule has 0 amide bonds. The highest BCUT2D eigenvalue weighted by Crippen LogP contribution is 2.43. The van der Waals surface area contributed by atoms with Gasteiger partial charge in [-0.05, 0) is 58.0 Å². The summed E-state index contributed by atoms with van der Waals surface area (Å²) in [7, 11) is 0. The average Bonchev–Trinajstić information content (AvgIpc) is 2.59. The van der Waals surface area contributed by atoms with Gasteiger partial charge in [0.15, 0.2) is 0 Å². The van der Waals surface area contributed by atoms with Crippen LogP contribution in [0.25, 0.3) is 0 Å². The largest absolute Gasteiger partial charge is 0.321 e. The summed E-state index contributed by atoms with van der Waals surface area (Å²) >= 11 is 5.34. The second kappa shape index (κ2) is 4.19. The van der Waals surface area contributed by atoms with Crippen LogP contribution in [-0.4, -0.2) is 0 Å². The van der Waals surface area contributed by atoms with Crippen LogP contribution in [0.15, 0.2) is 15.2 Å². The number of halogens is 1. The third-order valence-corrected chi connectivity index (χ3v) is 5.56. The van der Waals surface area contributed by atoms with Crippen LogP contribution in [0.3, 0.4) is 0 Å². The molecule has 3 heteroatoms. The van der Waals surface area contributed by atoms with E-state index < -0.39 is 0 Å². The summed E-state index contributed by atoms with van der Waals surface area (Å²) in [5.74, 6) is 1.55. The maximum absolute atomic E-state index is 6.55. The summed E-state index contributed by atoms with van der Waals surface area (Å²) < 4.78 is 1.19. The molecule has 1 aliphatic carbocycles. The van der Waals surface area contributed by atoms with Crippen molar-refractivity contribution < 1.29 is 0 Å². The van der Waals surface area contributed by atoms with Crippen LogP contribution < -0.4 is 5.73 Å². The fourth-order valence-electron chi connectivity index (χ4n) is 2.53. The molecule has 1 heterocycles. The van der Waals surface area contributed by atoms with E-state index in [1.165, 1.54) is 16.5 Å². The maximum atomic E-state index is 6.55. The minimum atomic E-state index is -0.0925. The highest BCUT2D eigenvalue weighted by atomic mass is 79.9. The van der Waals surface area contributed by atoms with E-state index >= 15 is 0 Å². The van der Waals surface area contributed by atoms with E-state index in [9.17, 15) is 0 Å². The first-order chi connectivity index (χ1) is 7.03. The van der Waals surface area contributed by atoms with Gasteiger partial charge >= 0.3 is 0 Å². The van der Waals surface area contributed by atoms with Crippen LogP contribution in [0, 0.1) is 11.8 Å². The Labute approximate surface area is 104 Å². The lowest BCUT2D eigenvalue weighted by atomic mass is 9.69. The molecule has 3 atom stereocenters. The van der Waals surface area contributed by atoms with E-state index in [1.807, 2.05) is 0 Å². The van der Waals surface area contributed by atoms with Gasteiger partial charge in [-0.2, -0.15) is 11.3 Å². The zero-order valence-electron chi connectivity index (χ0n) is 9.29. The third kappa shape index (κ3) is 2.15. The SMILES string of the molecule is CC1CCC(N)(c2cscc2Br)CC1C. The van der Waals surface area contributed by atoms with Crippen molar-refractivity contribution in [3.8, 4) is 0 Å². The molecule has 0 aromatic carbocycles. The Morgan fingerprint density at radius 2 is 2.13 bits per heavy atom.